The molecule has 0 aliphatic carbocycles. The second kappa shape index (κ2) is 8.49. The highest BCUT2D eigenvalue weighted by Gasteiger charge is 2.27. The van der Waals surface area contributed by atoms with Crippen LogP contribution >= 0.6 is 11.6 Å². The van der Waals surface area contributed by atoms with E-state index in [1.54, 1.807) is 25.3 Å². The minimum Gasteiger partial charge on any atom is -0.496 e. The van der Waals surface area contributed by atoms with Gasteiger partial charge in [0.2, 0.25) is 0 Å². The summed E-state index contributed by atoms with van der Waals surface area (Å²) in [7, 11) is 1.54. The maximum Gasteiger partial charge on any atom is 0.389 e. The molecule has 120 valence electrons. The van der Waals surface area contributed by atoms with Gasteiger partial charge in [-0.05, 0) is 44.0 Å². The van der Waals surface area contributed by atoms with E-state index in [9.17, 15) is 13.2 Å². The molecule has 0 saturated carbocycles. The largest absolute Gasteiger partial charge is 0.496 e. The Morgan fingerprint density at radius 2 is 2.05 bits per heavy atom. The highest BCUT2D eigenvalue weighted by molar-refractivity contribution is 6.30. The lowest BCUT2D eigenvalue weighted by Gasteiger charge is -2.22. The van der Waals surface area contributed by atoms with Crippen LogP contribution in [0.5, 0.6) is 5.75 Å². The predicted molar refractivity (Wildman–Crippen MR) is 78.9 cm³/mol. The van der Waals surface area contributed by atoms with E-state index in [1.807, 2.05) is 6.92 Å². The summed E-state index contributed by atoms with van der Waals surface area (Å²) in [6.45, 7) is 2.74. The number of benzene rings is 1. The molecule has 0 aliphatic rings. The van der Waals surface area contributed by atoms with E-state index in [1.165, 1.54) is 0 Å². The second-order valence-corrected chi connectivity index (χ2v) is 5.34. The number of hydrogen-bond donors (Lipinski definition) is 1. The van der Waals surface area contributed by atoms with Crippen molar-refractivity contribution in [2.45, 2.75) is 44.8 Å². The molecule has 0 spiro atoms. The van der Waals surface area contributed by atoms with E-state index in [2.05, 4.69) is 5.32 Å². The molecule has 0 amide bonds. The van der Waals surface area contributed by atoms with Crippen molar-refractivity contribution in [2.24, 2.45) is 0 Å². The summed E-state index contributed by atoms with van der Waals surface area (Å²) >= 11 is 6.00. The molecule has 0 bridgehead atoms. The molecule has 1 aromatic rings. The Kier molecular flexibility index (Phi) is 7.32. The maximum absolute atomic E-state index is 12.3. The van der Waals surface area contributed by atoms with Crippen LogP contribution in [0.15, 0.2) is 18.2 Å². The quantitative estimate of drug-likeness (QED) is 0.716. The van der Waals surface area contributed by atoms with Gasteiger partial charge in [0.15, 0.2) is 0 Å². The van der Waals surface area contributed by atoms with Crippen molar-refractivity contribution in [1.29, 1.82) is 0 Å². The lowest BCUT2D eigenvalue weighted by Crippen LogP contribution is -2.23. The van der Waals surface area contributed by atoms with Gasteiger partial charge in [-0.1, -0.05) is 18.5 Å². The lowest BCUT2D eigenvalue weighted by atomic mass is 9.99. The van der Waals surface area contributed by atoms with Crippen molar-refractivity contribution < 1.29 is 17.9 Å². The highest BCUT2D eigenvalue weighted by Crippen LogP contribution is 2.32. The summed E-state index contributed by atoms with van der Waals surface area (Å²) in [5.74, 6) is 0.639. The number of hydrogen-bond acceptors (Lipinski definition) is 2. The molecule has 0 aromatic heterocycles. The van der Waals surface area contributed by atoms with Gasteiger partial charge in [0.1, 0.15) is 5.75 Å². The standard InChI is InChI=1S/C15H21ClF3NO/c1-3-9-20-13(5-4-8-15(17,18)19)12-10-11(16)6-7-14(12)21-2/h6-7,10,13,20H,3-5,8-9H2,1-2H3. The van der Waals surface area contributed by atoms with Crippen LogP contribution < -0.4 is 10.1 Å². The molecule has 0 fully saturated rings. The first-order valence-electron chi connectivity index (χ1n) is 7.01. The Hall–Kier alpha value is -0.940. The van der Waals surface area contributed by atoms with Gasteiger partial charge in [-0.2, -0.15) is 13.2 Å². The van der Waals surface area contributed by atoms with Crippen LogP contribution in [-0.4, -0.2) is 19.8 Å². The first kappa shape index (κ1) is 18.1. The van der Waals surface area contributed by atoms with Gasteiger partial charge in [0.25, 0.3) is 0 Å². The fourth-order valence-corrected chi connectivity index (χ4v) is 2.35. The third kappa shape index (κ3) is 6.57. The smallest absolute Gasteiger partial charge is 0.389 e. The van der Waals surface area contributed by atoms with E-state index in [0.29, 0.717) is 17.2 Å². The minimum atomic E-state index is -4.12. The van der Waals surface area contributed by atoms with E-state index in [0.717, 1.165) is 18.5 Å². The highest BCUT2D eigenvalue weighted by atomic mass is 35.5. The second-order valence-electron chi connectivity index (χ2n) is 4.90. The topological polar surface area (TPSA) is 21.3 Å². The summed E-state index contributed by atoms with van der Waals surface area (Å²) in [6.07, 6.45) is -3.54. The summed E-state index contributed by atoms with van der Waals surface area (Å²) in [5, 5.41) is 3.81. The van der Waals surface area contributed by atoms with E-state index in [4.69, 9.17) is 16.3 Å². The zero-order valence-electron chi connectivity index (χ0n) is 12.3. The number of methoxy groups -OCH3 is 1. The van der Waals surface area contributed by atoms with Crippen molar-refractivity contribution in [3.05, 3.63) is 28.8 Å². The third-order valence-corrected chi connectivity index (χ3v) is 3.40. The van der Waals surface area contributed by atoms with Gasteiger partial charge in [0.05, 0.1) is 7.11 Å². The molecule has 1 unspecified atom stereocenters. The molecule has 1 aromatic carbocycles. The summed E-state index contributed by atoms with van der Waals surface area (Å²) in [4.78, 5) is 0. The number of ether oxygens (including phenoxy) is 1. The summed E-state index contributed by atoms with van der Waals surface area (Å²) in [6, 6.07) is 5.00. The Balaban J connectivity index is 2.83. The van der Waals surface area contributed by atoms with Gasteiger partial charge in [-0.25, -0.2) is 0 Å². The molecule has 0 aliphatic heterocycles. The first-order chi connectivity index (χ1) is 9.87. The fourth-order valence-electron chi connectivity index (χ4n) is 2.17. The molecule has 0 saturated heterocycles. The van der Waals surface area contributed by atoms with Crippen LogP contribution in [0.3, 0.4) is 0 Å². The zero-order chi connectivity index (χ0) is 15.9. The predicted octanol–water partition coefficient (Wildman–Crippen LogP) is 5.12. The van der Waals surface area contributed by atoms with Crippen LogP contribution in [0.25, 0.3) is 0 Å². The van der Waals surface area contributed by atoms with E-state index >= 15 is 0 Å². The molecule has 1 rings (SSSR count). The lowest BCUT2D eigenvalue weighted by molar-refractivity contribution is -0.135. The number of nitrogens with one attached hydrogen (secondary N) is 1. The molecule has 6 heteroatoms. The van der Waals surface area contributed by atoms with Crippen molar-refractivity contribution in [3.63, 3.8) is 0 Å². The molecule has 0 heterocycles. The third-order valence-electron chi connectivity index (χ3n) is 3.16. The van der Waals surface area contributed by atoms with Gasteiger partial charge >= 0.3 is 6.18 Å². The summed E-state index contributed by atoms with van der Waals surface area (Å²) < 4.78 is 42.2. The average Bonchev–Trinajstić information content (AvgIpc) is 2.41. The van der Waals surface area contributed by atoms with E-state index in [-0.39, 0.29) is 12.5 Å². The molecular formula is C15H21ClF3NO. The SMILES string of the molecule is CCCNC(CCCC(F)(F)F)c1cc(Cl)ccc1OC. The first-order valence-corrected chi connectivity index (χ1v) is 7.38. The number of alkyl halides is 3. The minimum absolute atomic E-state index is 0.0700. The van der Waals surface area contributed by atoms with Crippen molar-refractivity contribution in [3.8, 4) is 5.75 Å². The van der Waals surface area contributed by atoms with Crippen molar-refractivity contribution in [1.82, 2.24) is 5.32 Å². The van der Waals surface area contributed by atoms with Crippen molar-refractivity contribution in [2.75, 3.05) is 13.7 Å². The molecule has 0 radical (unpaired) electrons. The fraction of sp³-hybridized carbons (Fsp3) is 0.600. The molecule has 21 heavy (non-hydrogen) atoms. The molecular weight excluding hydrogens is 303 g/mol. The van der Waals surface area contributed by atoms with Crippen LogP contribution in [0.1, 0.15) is 44.2 Å². The van der Waals surface area contributed by atoms with Crippen LogP contribution in [0.4, 0.5) is 13.2 Å². The van der Waals surface area contributed by atoms with Gasteiger partial charge in [-0.3, -0.25) is 0 Å². The molecule has 2 nitrogen and oxygen atoms in total. The van der Waals surface area contributed by atoms with Crippen LogP contribution in [0, 0.1) is 0 Å². The zero-order valence-corrected chi connectivity index (χ0v) is 13.0. The van der Waals surface area contributed by atoms with Crippen LogP contribution in [-0.2, 0) is 0 Å². The monoisotopic (exact) mass is 323 g/mol. The van der Waals surface area contributed by atoms with Gasteiger partial charge < -0.3 is 10.1 Å². The molecule has 1 atom stereocenters. The number of rotatable bonds is 8. The summed E-state index contributed by atoms with van der Waals surface area (Å²) in [5.41, 5.74) is 0.806. The maximum atomic E-state index is 12.3. The van der Waals surface area contributed by atoms with E-state index < -0.39 is 12.6 Å². The van der Waals surface area contributed by atoms with Gasteiger partial charge in [-0.15, -0.1) is 0 Å². The Bertz CT molecular complexity index is 437. The normalized spacial score (nSPS) is 13.2. The molecule has 1 N–H and O–H groups in total. The van der Waals surface area contributed by atoms with Crippen molar-refractivity contribution >= 4 is 11.6 Å². The van der Waals surface area contributed by atoms with Gasteiger partial charge in [0, 0.05) is 23.0 Å². The Morgan fingerprint density at radius 1 is 1.33 bits per heavy atom. The number of halogens is 4. The average molecular weight is 324 g/mol. The van der Waals surface area contributed by atoms with Crippen LogP contribution in [0.2, 0.25) is 5.02 Å². The Morgan fingerprint density at radius 3 is 2.62 bits per heavy atom. The Labute approximate surface area is 128 Å².